The summed E-state index contributed by atoms with van der Waals surface area (Å²) in [5.74, 6) is 0.0578. The molecule has 54 heavy (non-hydrogen) atoms. The molecule has 1 aliphatic rings. The Labute approximate surface area is 320 Å². The van der Waals surface area contributed by atoms with Crippen molar-refractivity contribution in [2.75, 3.05) is 19.7 Å². The van der Waals surface area contributed by atoms with E-state index in [1.807, 2.05) is 88.7 Å². The van der Waals surface area contributed by atoms with Crippen LogP contribution >= 0.6 is 0 Å². The highest BCUT2D eigenvalue weighted by Gasteiger charge is 2.51. The van der Waals surface area contributed by atoms with E-state index in [0.717, 1.165) is 57.1 Å². The molecule has 3 aromatic carbocycles. The number of hydrogen-bond donors (Lipinski definition) is 1. The third-order valence-electron chi connectivity index (χ3n) is 11.1. The number of rotatable bonds is 13. The largest absolute Gasteiger partial charge is 0.445 e. The molecular formula is C43H53N5O4Si2. The third kappa shape index (κ3) is 7.81. The van der Waals surface area contributed by atoms with Crippen molar-refractivity contribution in [2.45, 2.75) is 82.6 Å². The maximum Gasteiger partial charge on any atom is 0.410 e. The second-order valence-electron chi connectivity index (χ2n) is 16.6. The van der Waals surface area contributed by atoms with Crippen molar-refractivity contribution >= 4 is 49.4 Å². The first-order valence-corrected chi connectivity index (χ1v) is 24.8. The minimum Gasteiger partial charge on any atom is -0.445 e. The molecule has 3 aromatic heterocycles. The fourth-order valence-electron chi connectivity index (χ4n) is 7.95. The van der Waals surface area contributed by atoms with Crippen molar-refractivity contribution in [3.8, 4) is 0 Å². The number of ether oxygens (including phenoxy) is 2. The molecule has 1 saturated heterocycles. The quantitative estimate of drug-likeness (QED) is 0.120. The molecule has 282 valence electrons. The van der Waals surface area contributed by atoms with E-state index in [1.54, 1.807) is 0 Å². The Morgan fingerprint density at radius 1 is 0.907 bits per heavy atom. The first kappa shape index (κ1) is 37.7. The summed E-state index contributed by atoms with van der Waals surface area (Å²) in [4.78, 5) is 38.0. The van der Waals surface area contributed by atoms with Gasteiger partial charge in [0.1, 0.15) is 31.1 Å². The number of amides is 1. The molecular weight excluding hydrogens is 707 g/mol. The zero-order valence-corrected chi connectivity index (χ0v) is 34.2. The van der Waals surface area contributed by atoms with Gasteiger partial charge in [-0.3, -0.25) is 4.40 Å². The van der Waals surface area contributed by atoms with Gasteiger partial charge in [-0.05, 0) is 52.3 Å². The maximum atomic E-state index is 13.2. The number of nitrogens with zero attached hydrogens (tertiary/aromatic N) is 5. The number of benzene rings is 3. The Hall–Kier alpha value is -4.56. The van der Waals surface area contributed by atoms with Crippen molar-refractivity contribution < 1.29 is 19.1 Å². The van der Waals surface area contributed by atoms with Crippen LogP contribution in [0.25, 0.3) is 16.6 Å². The van der Waals surface area contributed by atoms with E-state index < -0.39 is 21.4 Å². The smallest absolute Gasteiger partial charge is 0.410 e. The summed E-state index contributed by atoms with van der Waals surface area (Å²) in [6.45, 7) is 13.6. The summed E-state index contributed by atoms with van der Waals surface area (Å²) in [5, 5.41) is 2.41. The summed E-state index contributed by atoms with van der Waals surface area (Å²) in [5.41, 5.74) is 3.75. The molecule has 2 unspecified atom stereocenters. The van der Waals surface area contributed by atoms with Gasteiger partial charge in [-0.25, -0.2) is 14.8 Å². The molecule has 0 spiro atoms. The van der Waals surface area contributed by atoms with Gasteiger partial charge in [-0.2, -0.15) is 0 Å². The zero-order valence-electron chi connectivity index (χ0n) is 32.2. The van der Waals surface area contributed by atoms with E-state index in [1.165, 1.54) is 0 Å². The predicted octanol–water partition coefficient (Wildman–Crippen LogP) is 7.98. The minimum atomic E-state index is -3.32. The third-order valence-corrected chi connectivity index (χ3v) is 17.3. The van der Waals surface area contributed by atoms with Gasteiger partial charge in [0.25, 0.3) is 8.32 Å². The molecule has 4 heterocycles. The standard InChI is InChI=1S/C43H53N5O4Si2/c1-43(2,54(50,35-19-11-7-12-20-35)36-21-13-8-14-22-36)28-38(51-26-27-53(3,4)5)48-25-23-37-40-39(44-31-47(40)32-45-41(37)48)34-18-15-24-46(29-34)42(49)52-30-33-16-9-6-10-17-33/h6-14,16-17,19-23,25,31-32,34,38,50H,15,18,24,26-30H2,1-5H3. The zero-order chi connectivity index (χ0) is 37.9. The Morgan fingerprint density at radius 3 is 2.19 bits per heavy atom. The van der Waals surface area contributed by atoms with Crippen LogP contribution in [0.15, 0.2) is 116 Å². The van der Waals surface area contributed by atoms with Gasteiger partial charge in [0.15, 0.2) is 0 Å². The van der Waals surface area contributed by atoms with Crippen molar-refractivity contribution in [2.24, 2.45) is 0 Å². The fourth-order valence-corrected chi connectivity index (χ4v) is 12.4. The van der Waals surface area contributed by atoms with Gasteiger partial charge in [0.05, 0.1) is 11.2 Å². The second kappa shape index (κ2) is 15.7. The first-order valence-electron chi connectivity index (χ1n) is 19.2. The van der Waals surface area contributed by atoms with Crippen LogP contribution < -0.4 is 10.4 Å². The molecule has 6 aromatic rings. The second-order valence-corrected chi connectivity index (χ2v) is 26.1. The maximum absolute atomic E-state index is 13.2. The number of aromatic nitrogens is 4. The molecule has 2 atom stereocenters. The molecule has 7 rings (SSSR count). The van der Waals surface area contributed by atoms with E-state index in [9.17, 15) is 9.59 Å². The lowest BCUT2D eigenvalue weighted by Gasteiger charge is -2.43. The van der Waals surface area contributed by atoms with Gasteiger partial charge in [0.2, 0.25) is 0 Å². The lowest BCUT2D eigenvalue weighted by molar-refractivity contribution is -0.00156. The van der Waals surface area contributed by atoms with Crippen LogP contribution in [0.2, 0.25) is 30.7 Å². The SMILES string of the molecule is CC(C)(CC(OCC[Si](C)(C)C)n1ccc2c1ncn1cnc(C3CCCN(C(=O)OCc4ccccc4)C3)c21)[Si](O)(c1ccccc1)c1ccccc1. The topological polar surface area (TPSA) is 94.1 Å². The fraction of sp³-hybridized carbons (Fsp3) is 0.372. The summed E-state index contributed by atoms with van der Waals surface area (Å²) in [7, 11) is -4.71. The van der Waals surface area contributed by atoms with Gasteiger partial charge < -0.3 is 23.7 Å². The van der Waals surface area contributed by atoms with E-state index in [0.29, 0.717) is 26.1 Å². The van der Waals surface area contributed by atoms with Crippen molar-refractivity contribution in [1.82, 2.24) is 23.8 Å². The normalized spacial score (nSPS) is 16.2. The minimum absolute atomic E-state index is 0.0578. The van der Waals surface area contributed by atoms with Crippen LogP contribution in [0.4, 0.5) is 4.79 Å². The molecule has 1 aliphatic heterocycles. The van der Waals surface area contributed by atoms with E-state index in [-0.39, 0.29) is 24.8 Å². The summed E-state index contributed by atoms with van der Waals surface area (Å²) in [6, 6.07) is 33.3. The van der Waals surface area contributed by atoms with E-state index in [4.69, 9.17) is 19.4 Å². The highest BCUT2D eigenvalue weighted by molar-refractivity contribution is 6.98. The molecule has 1 amide bonds. The first-order chi connectivity index (χ1) is 25.9. The van der Waals surface area contributed by atoms with Gasteiger partial charge in [-0.1, -0.05) is 124 Å². The van der Waals surface area contributed by atoms with Crippen LogP contribution in [-0.4, -0.2) is 70.8 Å². The van der Waals surface area contributed by atoms with Crippen molar-refractivity contribution in [3.05, 3.63) is 127 Å². The number of carbonyl (C=O) groups excluding carboxylic acids is 1. The lowest BCUT2D eigenvalue weighted by atomic mass is 9.94. The summed E-state index contributed by atoms with van der Waals surface area (Å²) >= 11 is 0. The molecule has 0 saturated carbocycles. The summed E-state index contributed by atoms with van der Waals surface area (Å²) < 4.78 is 16.8. The number of piperidine rings is 1. The highest BCUT2D eigenvalue weighted by atomic mass is 28.4. The molecule has 1 fully saturated rings. The number of imidazole rings is 1. The van der Waals surface area contributed by atoms with Crippen molar-refractivity contribution in [3.63, 3.8) is 0 Å². The Bertz CT molecular complexity index is 2130. The number of fused-ring (bicyclic) bond motifs is 3. The van der Waals surface area contributed by atoms with Crippen LogP contribution in [0, 0.1) is 0 Å². The molecule has 11 heteroatoms. The molecule has 1 N–H and O–H groups in total. The molecule has 9 nitrogen and oxygen atoms in total. The Morgan fingerprint density at radius 2 is 1.54 bits per heavy atom. The average molecular weight is 760 g/mol. The molecule has 0 aliphatic carbocycles. The van der Waals surface area contributed by atoms with Crippen LogP contribution in [0.5, 0.6) is 0 Å². The lowest BCUT2D eigenvalue weighted by Crippen LogP contribution is -2.65. The van der Waals surface area contributed by atoms with E-state index >= 15 is 0 Å². The number of likely N-dealkylation sites (tertiary alicyclic amines) is 1. The van der Waals surface area contributed by atoms with Gasteiger partial charge in [0, 0.05) is 45.3 Å². The van der Waals surface area contributed by atoms with Crippen LogP contribution in [0.3, 0.4) is 0 Å². The average Bonchev–Trinajstić information content (AvgIpc) is 3.82. The van der Waals surface area contributed by atoms with Gasteiger partial charge >= 0.3 is 6.09 Å². The number of carbonyl (C=O) groups is 1. The van der Waals surface area contributed by atoms with E-state index in [2.05, 4.69) is 74.6 Å². The van der Waals surface area contributed by atoms with Crippen LogP contribution in [0.1, 0.15) is 56.5 Å². The number of hydrogen-bond acceptors (Lipinski definition) is 6. The predicted molar refractivity (Wildman–Crippen MR) is 221 cm³/mol. The highest BCUT2D eigenvalue weighted by Crippen LogP contribution is 2.44. The monoisotopic (exact) mass is 759 g/mol. The Kier molecular flexibility index (Phi) is 10.9. The summed E-state index contributed by atoms with van der Waals surface area (Å²) in [6.07, 6.45) is 7.47. The molecule has 0 bridgehead atoms. The Balaban J connectivity index is 1.21. The van der Waals surface area contributed by atoms with Gasteiger partial charge in [-0.15, -0.1) is 0 Å². The molecule has 0 radical (unpaired) electrons. The van der Waals surface area contributed by atoms with Crippen molar-refractivity contribution in [1.29, 1.82) is 0 Å². The van der Waals surface area contributed by atoms with Crippen LogP contribution in [-0.2, 0) is 16.1 Å².